The Morgan fingerprint density at radius 3 is 1.70 bits per heavy atom. The Bertz CT molecular complexity index is 3500. The number of aromatic nitrogens is 3. The van der Waals surface area contributed by atoms with E-state index in [2.05, 4.69) is 180 Å². The summed E-state index contributed by atoms with van der Waals surface area (Å²) in [6, 6.07) is 63.2. The number of thiophene rings is 1. The molecule has 0 amide bonds. The summed E-state index contributed by atoms with van der Waals surface area (Å²) < 4.78 is 4.87. The molecule has 3 heterocycles. The molecule has 0 unspecified atom stereocenters. The highest BCUT2D eigenvalue weighted by atomic mass is 32.1. The molecular weight excluding hydrogens is 675 g/mol. The van der Waals surface area contributed by atoms with E-state index < -0.39 is 0 Å². The van der Waals surface area contributed by atoms with Crippen molar-refractivity contribution in [3.63, 3.8) is 0 Å². The summed E-state index contributed by atoms with van der Waals surface area (Å²) in [6.45, 7) is 0. The van der Waals surface area contributed by atoms with Gasteiger partial charge < -0.3 is 0 Å². The van der Waals surface area contributed by atoms with Gasteiger partial charge in [-0.2, -0.15) is 0 Å². The summed E-state index contributed by atoms with van der Waals surface area (Å²) in [6.07, 6.45) is 0. The van der Waals surface area contributed by atoms with Crippen molar-refractivity contribution in [2.45, 2.75) is 0 Å². The van der Waals surface area contributed by atoms with Crippen molar-refractivity contribution in [1.82, 2.24) is 14.5 Å². The van der Waals surface area contributed by atoms with Gasteiger partial charge in [-0.3, -0.25) is 4.57 Å². The van der Waals surface area contributed by atoms with Crippen LogP contribution in [0.15, 0.2) is 176 Å². The van der Waals surface area contributed by atoms with Crippen LogP contribution in [0.3, 0.4) is 0 Å². The molecule has 3 aromatic heterocycles. The molecule has 250 valence electrons. The first-order valence-electron chi connectivity index (χ1n) is 18.3. The van der Waals surface area contributed by atoms with E-state index in [-0.39, 0.29) is 0 Å². The predicted molar refractivity (Wildman–Crippen MR) is 230 cm³/mol. The number of rotatable bonds is 3. The second kappa shape index (κ2) is 11.3. The fourth-order valence-corrected chi connectivity index (χ4v) is 10.2. The average molecular weight is 704 g/mol. The first kappa shape index (κ1) is 29.7. The molecule has 0 saturated carbocycles. The normalized spacial score (nSPS) is 12.1. The van der Waals surface area contributed by atoms with Crippen LogP contribution in [0.2, 0.25) is 0 Å². The minimum Gasteiger partial charge on any atom is -0.276 e. The number of hydrogen-bond donors (Lipinski definition) is 0. The molecule has 0 aliphatic carbocycles. The molecule has 0 fully saturated rings. The molecule has 0 radical (unpaired) electrons. The maximum absolute atomic E-state index is 5.61. The number of para-hydroxylation sites is 2. The Labute approximate surface area is 314 Å². The molecule has 0 saturated heterocycles. The molecule has 0 bridgehead atoms. The van der Waals surface area contributed by atoms with E-state index in [9.17, 15) is 0 Å². The molecule has 9 aromatic carbocycles. The van der Waals surface area contributed by atoms with Crippen molar-refractivity contribution in [2.75, 3.05) is 0 Å². The lowest BCUT2D eigenvalue weighted by atomic mass is 9.89. The summed E-state index contributed by atoms with van der Waals surface area (Å²) in [5.74, 6) is 0.668. The first-order valence-corrected chi connectivity index (χ1v) is 19.2. The minimum atomic E-state index is 0.668. The van der Waals surface area contributed by atoms with Gasteiger partial charge in [-0.15, -0.1) is 11.3 Å². The molecule has 12 aromatic rings. The molecular formula is C50H29N3S. The second-order valence-electron chi connectivity index (χ2n) is 14.0. The van der Waals surface area contributed by atoms with Crippen molar-refractivity contribution < 1.29 is 0 Å². The van der Waals surface area contributed by atoms with Crippen molar-refractivity contribution in [2.24, 2.45) is 0 Å². The van der Waals surface area contributed by atoms with Crippen molar-refractivity contribution in [3.05, 3.63) is 176 Å². The topological polar surface area (TPSA) is 30.7 Å². The van der Waals surface area contributed by atoms with Crippen LogP contribution < -0.4 is 0 Å². The molecule has 12 rings (SSSR count). The minimum absolute atomic E-state index is 0.668. The Morgan fingerprint density at radius 1 is 0.389 bits per heavy atom. The first-order chi connectivity index (χ1) is 26.8. The maximum Gasteiger partial charge on any atom is 0.235 e. The van der Waals surface area contributed by atoms with E-state index in [0.29, 0.717) is 5.95 Å². The van der Waals surface area contributed by atoms with Gasteiger partial charge >= 0.3 is 0 Å². The van der Waals surface area contributed by atoms with Crippen molar-refractivity contribution in [3.8, 4) is 28.3 Å². The zero-order chi connectivity index (χ0) is 35.3. The highest BCUT2D eigenvalue weighted by Gasteiger charge is 2.26. The molecule has 4 heteroatoms. The standard InChI is InChI=1S/C50H29N3S/c1-2-16-30(17-3-1)31-18-4-9-23-36(31)47-37-24-10-13-27-40(37)51-50(52-47)53-41-28-14-11-25-38(41)45-43-34-21-7-5-19-32(34)33-20-6-8-22-35(33)44(43)46-39-26-12-15-29-42(39)54-49(46)48(45)53/h1-29H. The van der Waals surface area contributed by atoms with E-state index in [0.717, 1.165) is 44.3 Å². The second-order valence-corrected chi connectivity index (χ2v) is 15.1. The smallest absolute Gasteiger partial charge is 0.235 e. The molecule has 0 spiro atoms. The quantitative estimate of drug-likeness (QED) is 0.172. The largest absolute Gasteiger partial charge is 0.276 e. The zero-order valence-electron chi connectivity index (χ0n) is 29.0. The van der Waals surface area contributed by atoms with E-state index >= 15 is 0 Å². The SMILES string of the molecule is c1ccc(-c2ccccc2-c2nc(-n3c4ccccc4c4c5c6ccccc6c6ccccc6c5c5c6ccccc6sc5c43)nc3ccccc23)cc1. The lowest BCUT2D eigenvalue weighted by Crippen LogP contribution is -2.04. The van der Waals surface area contributed by atoms with E-state index in [1.165, 1.54) is 63.3 Å². The lowest BCUT2D eigenvalue weighted by molar-refractivity contribution is 1.02. The van der Waals surface area contributed by atoms with Crippen LogP contribution in [-0.2, 0) is 0 Å². The number of nitrogens with zero attached hydrogens (tertiary/aromatic N) is 3. The fourth-order valence-electron chi connectivity index (χ4n) is 8.97. The third kappa shape index (κ3) is 4.06. The zero-order valence-corrected chi connectivity index (χ0v) is 29.8. The molecule has 0 atom stereocenters. The van der Waals surface area contributed by atoms with Crippen LogP contribution >= 0.6 is 11.3 Å². The van der Waals surface area contributed by atoms with Gasteiger partial charge in [-0.05, 0) is 50.9 Å². The summed E-state index contributed by atoms with van der Waals surface area (Å²) in [7, 11) is 0. The molecule has 0 aliphatic rings. The van der Waals surface area contributed by atoms with Gasteiger partial charge in [0.15, 0.2) is 0 Å². The van der Waals surface area contributed by atoms with Gasteiger partial charge in [0, 0.05) is 48.0 Å². The summed E-state index contributed by atoms with van der Waals surface area (Å²) in [5, 5.41) is 13.7. The summed E-state index contributed by atoms with van der Waals surface area (Å²) >= 11 is 1.87. The highest BCUT2D eigenvalue weighted by Crippen LogP contribution is 2.51. The van der Waals surface area contributed by atoms with Crippen LogP contribution in [-0.4, -0.2) is 14.5 Å². The molecule has 0 N–H and O–H groups in total. The predicted octanol–water partition coefficient (Wildman–Crippen LogP) is 13.9. The van der Waals surface area contributed by atoms with Gasteiger partial charge in [0.05, 0.1) is 26.9 Å². The average Bonchev–Trinajstić information content (AvgIpc) is 3.80. The molecule has 3 nitrogen and oxygen atoms in total. The highest BCUT2D eigenvalue weighted by molar-refractivity contribution is 7.27. The monoisotopic (exact) mass is 703 g/mol. The van der Waals surface area contributed by atoms with Crippen molar-refractivity contribution in [1.29, 1.82) is 0 Å². The van der Waals surface area contributed by atoms with Crippen LogP contribution in [0.4, 0.5) is 0 Å². The number of benzene rings is 9. The van der Waals surface area contributed by atoms with Crippen molar-refractivity contribution >= 4 is 96.5 Å². The lowest BCUT2D eigenvalue weighted by Gasteiger charge is -2.16. The van der Waals surface area contributed by atoms with Gasteiger partial charge in [-0.25, -0.2) is 9.97 Å². The van der Waals surface area contributed by atoms with Crippen LogP contribution in [0.1, 0.15) is 0 Å². The number of fused-ring (bicyclic) bond motifs is 16. The third-order valence-corrected chi connectivity index (χ3v) is 12.4. The Kier molecular flexibility index (Phi) is 6.21. The Hall–Kier alpha value is -6.88. The van der Waals surface area contributed by atoms with Gasteiger partial charge in [-0.1, -0.05) is 158 Å². The third-order valence-electron chi connectivity index (χ3n) is 11.2. The fraction of sp³-hybridized carbons (Fsp3) is 0. The van der Waals surface area contributed by atoms with Gasteiger partial charge in [0.25, 0.3) is 0 Å². The molecule has 0 aliphatic heterocycles. The Balaban J connectivity index is 1.32. The van der Waals surface area contributed by atoms with E-state index in [1.807, 2.05) is 11.3 Å². The molecule has 54 heavy (non-hydrogen) atoms. The summed E-state index contributed by atoms with van der Waals surface area (Å²) in [5.41, 5.74) is 7.46. The number of hydrogen-bond acceptors (Lipinski definition) is 3. The van der Waals surface area contributed by atoms with Crippen LogP contribution in [0.5, 0.6) is 0 Å². The van der Waals surface area contributed by atoms with E-state index in [4.69, 9.17) is 9.97 Å². The summed E-state index contributed by atoms with van der Waals surface area (Å²) in [4.78, 5) is 11.0. The maximum atomic E-state index is 5.61. The Morgan fingerprint density at radius 2 is 0.944 bits per heavy atom. The van der Waals surface area contributed by atoms with Crippen LogP contribution in [0, 0.1) is 0 Å². The van der Waals surface area contributed by atoms with E-state index in [1.54, 1.807) is 0 Å². The van der Waals surface area contributed by atoms with Gasteiger partial charge in [0.2, 0.25) is 5.95 Å². The van der Waals surface area contributed by atoms with Gasteiger partial charge in [0.1, 0.15) is 0 Å². The van der Waals surface area contributed by atoms with Crippen LogP contribution in [0.25, 0.3) is 114 Å².